The molecule has 2 aromatic rings. The van der Waals surface area contributed by atoms with Crippen molar-refractivity contribution in [3.05, 3.63) is 48.0 Å². The molecule has 25 heavy (non-hydrogen) atoms. The zero-order chi connectivity index (χ0) is 17.2. The second kappa shape index (κ2) is 7.10. The maximum atomic E-state index is 9.60. The van der Waals surface area contributed by atoms with E-state index in [4.69, 9.17) is 14.1 Å². The number of hydrogen-bond donors (Lipinski definition) is 1. The van der Waals surface area contributed by atoms with Gasteiger partial charge < -0.3 is 19.2 Å². The van der Waals surface area contributed by atoms with Gasteiger partial charge in [0.15, 0.2) is 11.5 Å². The lowest BCUT2D eigenvalue weighted by atomic mass is 9.79. The molecule has 2 aliphatic rings. The Morgan fingerprint density at radius 1 is 1.08 bits per heavy atom. The zero-order valence-electron chi connectivity index (χ0n) is 14.5. The van der Waals surface area contributed by atoms with E-state index in [2.05, 4.69) is 36.4 Å². The molecule has 4 nitrogen and oxygen atoms in total. The lowest BCUT2D eigenvalue weighted by molar-refractivity contribution is 0.116. The van der Waals surface area contributed by atoms with Crippen LogP contribution in [0.4, 0.5) is 0 Å². The standard InChI is InChI=1S/C20H23BO4/c1-23-19-9-8-16(11-20(19)25-18-6-3-7-18)14-4-2-5-15(10-14)17-12-21(22)24-13-17/h2,4-5,8-11,17-18,22H,3,6-7,12-13H2,1H3/t17-/m1/s1. The molecule has 2 fully saturated rings. The number of hydrogen-bond acceptors (Lipinski definition) is 4. The van der Waals surface area contributed by atoms with Crippen LogP contribution in [0.5, 0.6) is 11.5 Å². The Morgan fingerprint density at radius 2 is 1.92 bits per heavy atom. The third kappa shape index (κ3) is 3.53. The van der Waals surface area contributed by atoms with Crippen LogP contribution in [0.1, 0.15) is 30.7 Å². The molecule has 1 aliphatic heterocycles. The van der Waals surface area contributed by atoms with E-state index in [0.717, 1.165) is 35.5 Å². The van der Waals surface area contributed by atoms with E-state index >= 15 is 0 Å². The van der Waals surface area contributed by atoms with Gasteiger partial charge in [0, 0.05) is 12.5 Å². The third-order valence-electron chi connectivity index (χ3n) is 5.18. The van der Waals surface area contributed by atoms with Crippen molar-refractivity contribution in [2.45, 2.75) is 37.6 Å². The maximum absolute atomic E-state index is 9.60. The Hall–Kier alpha value is -1.98. The summed E-state index contributed by atoms with van der Waals surface area (Å²) in [6.45, 7) is 0.573. The molecule has 0 radical (unpaired) electrons. The minimum absolute atomic E-state index is 0.249. The van der Waals surface area contributed by atoms with Crippen LogP contribution >= 0.6 is 0 Å². The molecule has 1 saturated heterocycles. The van der Waals surface area contributed by atoms with Crippen LogP contribution in [0.25, 0.3) is 11.1 Å². The van der Waals surface area contributed by atoms with Crippen molar-refractivity contribution in [2.24, 2.45) is 0 Å². The van der Waals surface area contributed by atoms with Crippen molar-refractivity contribution >= 4 is 7.12 Å². The Kier molecular flexibility index (Phi) is 4.68. The van der Waals surface area contributed by atoms with Gasteiger partial charge in [-0.15, -0.1) is 0 Å². The smallest absolute Gasteiger partial charge is 0.454 e. The third-order valence-corrected chi connectivity index (χ3v) is 5.18. The number of rotatable bonds is 5. The van der Waals surface area contributed by atoms with Gasteiger partial charge >= 0.3 is 7.12 Å². The van der Waals surface area contributed by atoms with Gasteiger partial charge in [0.25, 0.3) is 0 Å². The molecule has 0 bridgehead atoms. The van der Waals surface area contributed by atoms with Crippen LogP contribution in [-0.2, 0) is 4.65 Å². The van der Waals surface area contributed by atoms with Crippen molar-refractivity contribution < 1.29 is 19.2 Å². The first-order chi connectivity index (χ1) is 12.2. The fraction of sp³-hybridized carbons (Fsp3) is 0.400. The summed E-state index contributed by atoms with van der Waals surface area (Å²) in [6, 6.07) is 14.5. The molecule has 4 rings (SSSR count). The summed E-state index contributed by atoms with van der Waals surface area (Å²) in [7, 11) is 1.03. The molecule has 130 valence electrons. The van der Waals surface area contributed by atoms with Crippen LogP contribution in [0.3, 0.4) is 0 Å². The molecule has 0 amide bonds. The van der Waals surface area contributed by atoms with E-state index < -0.39 is 7.12 Å². The number of ether oxygens (including phenoxy) is 2. The molecule has 5 heteroatoms. The van der Waals surface area contributed by atoms with Gasteiger partial charge in [-0.05, 0) is 54.4 Å². The Bertz CT molecular complexity index is 744. The molecular formula is C20H23BO4. The molecule has 1 N–H and O–H groups in total. The molecule has 1 aliphatic carbocycles. The second-order valence-corrected chi connectivity index (χ2v) is 6.88. The van der Waals surface area contributed by atoms with E-state index in [0.29, 0.717) is 19.0 Å². The normalized spacial score (nSPS) is 20.4. The summed E-state index contributed by atoms with van der Waals surface area (Å²) < 4.78 is 16.9. The van der Waals surface area contributed by atoms with Gasteiger partial charge in [-0.3, -0.25) is 0 Å². The van der Waals surface area contributed by atoms with Crippen LogP contribution in [0.15, 0.2) is 42.5 Å². The monoisotopic (exact) mass is 338 g/mol. The molecule has 0 unspecified atom stereocenters. The fourth-order valence-electron chi connectivity index (χ4n) is 3.43. The van der Waals surface area contributed by atoms with Gasteiger partial charge in [-0.25, -0.2) is 0 Å². The highest BCUT2D eigenvalue weighted by atomic mass is 16.5. The average Bonchev–Trinajstić information content (AvgIpc) is 3.04. The van der Waals surface area contributed by atoms with Crippen LogP contribution < -0.4 is 9.47 Å². The Labute approximate surface area is 148 Å². The summed E-state index contributed by atoms with van der Waals surface area (Å²) >= 11 is 0. The molecular weight excluding hydrogens is 315 g/mol. The van der Waals surface area contributed by atoms with Crippen molar-refractivity contribution in [3.63, 3.8) is 0 Å². The van der Waals surface area contributed by atoms with Crippen molar-refractivity contribution in [3.8, 4) is 22.6 Å². The zero-order valence-corrected chi connectivity index (χ0v) is 14.5. The molecule has 2 aromatic carbocycles. The molecule has 1 saturated carbocycles. The van der Waals surface area contributed by atoms with Gasteiger partial charge in [0.05, 0.1) is 13.2 Å². The van der Waals surface area contributed by atoms with Crippen molar-refractivity contribution in [2.75, 3.05) is 13.7 Å². The fourth-order valence-corrected chi connectivity index (χ4v) is 3.43. The van der Waals surface area contributed by atoms with Gasteiger partial charge in [0.2, 0.25) is 0 Å². The van der Waals surface area contributed by atoms with E-state index in [1.807, 2.05) is 6.07 Å². The molecule has 1 heterocycles. The predicted octanol–water partition coefficient (Wildman–Crippen LogP) is 3.89. The van der Waals surface area contributed by atoms with E-state index in [1.165, 1.54) is 12.0 Å². The highest BCUT2D eigenvalue weighted by Crippen LogP contribution is 2.37. The quantitative estimate of drug-likeness (QED) is 0.841. The largest absolute Gasteiger partial charge is 0.493 e. The first-order valence-corrected chi connectivity index (χ1v) is 8.97. The topological polar surface area (TPSA) is 47.9 Å². The van der Waals surface area contributed by atoms with Crippen LogP contribution in [0, 0.1) is 0 Å². The van der Waals surface area contributed by atoms with Crippen LogP contribution in [0.2, 0.25) is 6.32 Å². The maximum Gasteiger partial charge on any atom is 0.454 e. The summed E-state index contributed by atoms with van der Waals surface area (Å²) in [5, 5.41) is 9.60. The van der Waals surface area contributed by atoms with Crippen molar-refractivity contribution in [1.29, 1.82) is 0 Å². The SMILES string of the molecule is COc1ccc(-c2cccc([C@H]3COB(O)C3)c2)cc1OC1CCC1. The Morgan fingerprint density at radius 3 is 2.60 bits per heavy atom. The minimum Gasteiger partial charge on any atom is -0.493 e. The molecule has 0 spiro atoms. The number of methoxy groups -OCH3 is 1. The minimum atomic E-state index is -0.642. The lowest BCUT2D eigenvalue weighted by Crippen LogP contribution is -2.24. The summed E-state index contributed by atoms with van der Waals surface area (Å²) in [6.07, 6.45) is 4.44. The van der Waals surface area contributed by atoms with E-state index in [9.17, 15) is 5.02 Å². The summed E-state index contributed by atoms with van der Waals surface area (Å²) in [5.41, 5.74) is 3.45. The summed E-state index contributed by atoms with van der Waals surface area (Å²) in [4.78, 5) is 0. The van der Waals surface area contributed by atoms with Crippen molar-refractivity contribution in [1.82, 2.24) is 0 Å². The van der Waals surface area contributed by atoms with E-state index in [-0.39, 0.29) is 5.92 Å². The highest BCUT2D eigenvalue weighted by Gasteiger charge is 2.29. The lowest BCUT2D eigenvalue weighted by Gasteiger charge is -2.27. The highest BCUT2D eigenvalue weighted by molar-refractivity contribution is 6.43. The molecule has 0 aromatic heterocycles. The predicted molar refractivity (Wildman–Crippen MR) is 98.2 cm³/mol. The van der Waals surface area contributed by atoms with Gasteiger partial charge in [-0.2, -0.15) is 0 Å². The molecule has 1 atom stereocenters. The summed E-state index contributed by atoms with van der Waals surface area (Å²) in [5.74, 6) is 1.84. The average molecular weight is 338 g/mol. The van der Waals surface area contributed by atoms with E-state index in [1.54, 1.807) is 7.11 Å². The second-order valence-electron chi connectivity index (χ2n) is 6.88. The van der Waals surface area contributed by atoms with Crippen LogP contribution in [-0.4, -0.2) is 32.0 Å². The van der Waals surface area contributed by atoms with Gasteiger partial charge in [0.1, 0.15) is 0 Å². The Balaban J connectivity index is 1.61. The van der Waals surface area contributed by atoms with Gasteiger partial charge in [-0.1, -0.05) is 30.3 Å². The first-order valence-electron chi connectivity index (χ1n) is 8.97. The number of benzene rings is 2. The first kappa shape index (κ1) is 16.5.